The summed E-state index contributed by atoms with van der Waals surface area (Å²) in [5.74, 6) is 0.922. The minimum atomic E-state index is 0.237. The van der Waals surface area contributed by atoms with Gasteiger partial charge in [-0.1, -0.05) is 12.1 Å². The van der Waals surface area contributed by atoms with Gasteiger partial charge in [0.2, 0.25) is 0 Å². The zero-order valence-corrected chi connectivity index (χ0v) is 14.8. The van der Waals surface area contributed by atoms with Gasteiger partial charge < -0.3 is 10.1 Å². The summed E-state index contributed by atoms with van der Waals surface area (Å²) in [4.78, 5) is 0. The highest BCUT2D eigenvalue weighted by atomic mass is 79.9. The van der Waals surface area contributed by atoms with E-state index in [1.807, 2.05) is 31.8 Å². The SMILES string of the molecule is CNC(Cc1c(Br)c(C)nn1C)c1ccc(OC)c(C)c1. The van der Waals surface area contributed by atoms with Gasteiger partial charge in [-0.15, -0.1) is 0 Å². The number of likely N-dealkylation sites (N-methyl/N-ethyl adjacent to an activating group) is 1. The maximum absolute atomic E-state index is 5.33. The van der Waals surface area contributed by atoms with Crippen LogP contribution in [0.25, 0.3) is 0 Å². The topological polar surface area (TPSA) is 39.1 Å². The van der Waals surface area contributed by atoms with Gasteiger partial charge in [0.1, 0.15) is 5.75 Å². The molecule has 0 aliphatic heterocycles. The number of nitrogens with zero attached hydrogens (tertiary/aromatic N) is 2. The molecule has 1 heterocycles. The third-order valence-electron chi connectivity index (χ3n) is 3.83. The second-order valence-electron chi connectivity index (χ2n) is 5.24. The van der Waals surface area contributed by atoms with Crippen LogP contribution in [0.5, 0.6) is 5.75 Å². The molecule has 0 aliphatic carbocycles. The molecule has 0 radical (unpaired) electrons. The van der Waals surface area contributed by atoms with Crippen molar-refractivity contribution in [3.05, 3.63) is 45.2 Å². The first kappa shape index (κ1) is 16.0. The van der Waals surface area contributed by atoms with Gasteiger partial charge in [-0.3, -0.25) is 4.68 Å². The second kappa shape index (κ2) is 6.62. The van der Waals surface area contributed by atoms with Crippen LogP contribution in [-0.2, 0) is 13.5 Å². The lowest BCUT2D eigenvalue weighted by Gasteiger charge is -2.18. The minimum Gasteiger partial charge on any atom is -0.496 e. The zero-order valence-electron chi connectivity index (χ0n) is 13.2. The van der Waals surface area contributed by atoms with Gasteiger partial charge in [-0.2, -0.15) is 5.10 Å². The van der Waals surface area contributed by atoms with Crippen LogP contribution >= 0.6 is 15.9 Å². The van der Waals surface area contributed by atoms with Crippen molar-refractivity contribution in [2.75, 3.05) is 14.2 Å². The predicted molar refractivity (Wildman–Crippen MR) is 88.9 cm³/mol. The van der Waals surface area contributed by atoms with Gasteiger partial charge in [-0.25, -0.2) is 0 Å². The Labute approximate surface area is 134 Å². The Morgan fingerprint density at radius 1 is 1.38 bits per heavy atom. The molecule has 1 N–H and O–H groups in total. The molecule has 0 aliphatic rings. The summed E-state index contributed by atoms with van der Waals surface area (Å²) in [6.45, 7) is 4.08. The van der Waals surface area contributed by atoms with E-state index in [2.05, 4.69) is 45.4 Å². The van der Waals surface area contributed by atoms with Crippen molar-refractivity contribution in [2.45, 2.75) is 26.3 Å². The highest BCUT2D eigenvalue weighted by molar-refractivity contribution is 9.10. The normalized spacial score (nSPS) is 12.5. The molecule has 0 saturated carbocycles. The van der Waals surface area contributed by atoms with E-state index in [0.29, 0.717) is 0 Å². The lowest BCUT2D eigenvalue weighted by Crippen LogP contribution is -2.20. The number of hydrogen-bond donors (Lipinski definition) is 1. The number of aromatic nitrogens is 2. The van der Waals surface area contributed by atoms with E-state index >= 15 is 0 Å². The van der Waals surface area contributed by atoms with Crippen molar-refractivity contribution >= 4 is 15.9 Å². The summed E-state index contributed by atoms with van der Waals surface area (Å²) in [5.41, 5.74) is 4.62. The summed E-state index contributed by atoms with van der Waals surface area (Å²) in [6, 6.07) is 6.56. The maximum atomic E-state index is 5.33. The van der Waals surface area contributed by atoms with Crippen molar-refractivity contribution in [3.8, 4) is 5.75 Å². The molecule has 0 fully saturated rings. The van der Waals surface area contributed by atoms with E-state index in [-0.39, 0.29) is 6.04 Å². The van der Waals surface area contributed by atoms with Gasteiger partial charge in [0, 0.05) is 19.5 Å². The molecule has 21 heavy (non-hydrogen) atoms. The van der Waals surface area contributed by atoms with E-state index < -0.39 is 0 Å². The van der Waals surface area contributed by atoms with Crippen LogP contribution in [0.3, 0.4) is 0 Å². The summed E-state index contributed by atoms with van der Waals surface area (Å²) < 4.78 is 8.37. The van der Waals surface area contributed by atoms with Gasteiger partial charge in [0.25, 0.3) is 0 Å². The van der Waals surface area contributed by atoms with Crippen LogP contribution < -0.4 is 10.1 Å². The first-order valence-corrected chi connectivity index (χ1v) is 7.77. The molecule has 2 aromatic rings. The third-order valence-corrected chi connectivity index (χ3v) is 4.86. The average Bonchev–Trinajstić information content (AvgIpc) is 2.70. The van der Waals surface area contributed by atoms with Crippen LogP contribution in [0.1, 0.15) is 28.6 Å². The van der Waals surface area contributed by atoms with Crippen LogP contribution in [0.2, 0.25) is 0 Å². The molecule has 2 rings (SSSR count). The molecule has 0 spiro atoms. The van der Waals surface area contributed by atoms with E-state index in [9.17, 15) is 0 Å². The molecule has 0 bridgehead atoms. The fraction of sp³-hybridized carbons (Fsp3) is 0.438. The Balaban J connectivity index is 2.30. The van der Waals surface area contributed by atoms with Gasteiger partial charge in [0.15, 0.2) is 0 Å². The Morgan fingerprint density at radius 3 is 2.57 bits per heavy atom. The third kappa shape index (κ3) is 3.30. The van der Waals surface area contributed by atoms with Crippen LogP contribution in [-0.4, -0.2) is 23.9 Å². The molecule has 1 atom stereocenters. The summed E-state index contributed by atoms with van der Waals surface area (Å²) in [6.07, 6.45) is 0.875. The van der Waals surface area contributed by atoms with E-state index in [4.69, 9.17) is 4.74 Å². The lowest BCUT2D eigenvalue weighted by molar-refractivity contribution is 0.411. The quantitative estimate of drug-likeness (QED) is 0.897. The monoisotopic (exact) mass is 351 g/mol. The number of benzene rings is 1. The number of rotatable bonds is 5. The fourth-order valence-electron chi connectivity index (χ4n) is 2.60. The minimum absolute atomic E-state index is 0.237. The Bertz CT molecular complexity index is 637. The molecule has 1 unspecified atom stereocenters. The smallest absolute Gasteiger partial charge is 0.121 e. The van der Waals surface area contributed by atoms with E-state index in [1.54, 1.807) is 7.11 Å². The largest absolute Gasteiger partial charge is 0.496 e. The van der Waals surface area contributed by atoms with Crippen molar-refractivity contribution in [1.82, 2.24) is 15.1 Å². The number of halogens is 1. The van der Waals surface area contributed by atoms with Crippen molar-refractivity contribution < 1.29 is 4.74 Å². The lowest BCUT2D eigenvalue weighted by atomic mass is 9.99. The second-order valence-corrected chi connectivity index (χ2v) is 6.04. The van der Waals surface area contributed by atoms with Gasteiger partial charge in [-0.05, 0) is 54.0 Å². The predicted octanol–water partition coefficient (Wildman–Crippen LogP) is 3.31. The molecule has 1 aromatic carbocycles. The van der Waals surface area contributed by atoms with E-state index in [1.165, 1.54) is 11.3 Å². The zero-order chi connectivity index (χ0) is 15.6. The molecule has 5 heteroatoms. The number of hydrogen-bond acceptors (Lipinski definition) is 3. The Kier molecular flexibility index (Phi) is 5.06. The summed E-state index contributed by atoms with van der Waals surface area (Å²) in [5, 5.41) is 7.85. The number of nitrogens with one attached hydrogen (secondary N) is 1. The van der Waals surface area contributed by atoms with Gasteiger partial charge >= 0.3 is 0 Å². The molecule has 114 valence electrons. The number of methoxy groups -OCH3 is 1. The number of aryl methyl sites for hydroxylation is 3. The molecule has 0 amide bonds. The molecular weight excluding hydrogens is 330 g/mol. The highest BCUT2D eigenvalue weighted by Gasteiger charge is 2.17. The van der Waals surface area contributed by atoms with Crippen molar-refractivity contribution in [1.29, 1.82) is 0 Å². The first-order valence-electron chi connectivity index (χ1n) is 6.97. The molecular formula is C16H22BrN3O. The summed E-state index contributed by atoms with van der Waals surface area (Å²) in [7, 11) is 5.67. The fourth-order valence-corrected chi connectivity index (χ4v) is 3.10. The first-order chi connectivity index (χ1) is 9.97. The Morgan fingerprint density at radius 2 is 2.10 bits per heavy atom. The molecule has 1 aromatic heterocycles. The van der Waals surface area contributed by atoms with Crippen LogP contribution in [0.4, 0.5) is 0 Å². The van der Waals surface area contributed by atoms with Crippen molar-refractivity contribution in [2.24, 2.45) is 7.05 Å². The highest BCUT2D eigenvalue weighted by Crippen LogP contribution is 2.28. The molecule has 0 saturated heterocycles. The Hall–Kier alpha value is -1.33. The average molecular weight is 352 g/mol. The molecule has 4 nitrogen and oxygen atoms in total. The van der Waals surface area contributed by atoms with Crippen LogP contribution in [0, 0.1) is 13.8 Å². The van der Waals surface area contributed by atoms with Crippen molar-refractivity contribution in [3.63, 3.8) is 0 Å². The van der Waals surface area contributed by atoms with Gasteiger partial charge in [0.05, 0.1) is 23.0 Å². The summed E-state index contributed by atoms with van der Waals surface area (Å²) >= 11 is 3.64. The maximum Gasteiger partial charge on any atom is 0.121 e. The van der Waals surface area contributed by atoms with E-state index in [0.717, 1.165) is 27.9 Å². The standard InChI is InChI=1S/C16H22BrN3O/c1-10-8-12(6-7-15(10)21-5)13(18-3)9-14-16(17)11(2)19-20(14)4/h6-8,13,18H,9H2,1-5H3. The number of ether oxygens (including phenoxy) is 1. The van der Waals surface area contributed by atoms with Crippen LogP contribution in [0.15, 0.2) is 22.7 Å².